The summed E-state index contributed by atoms with van der Waals surface area (Å²) in [5.41, 5.74) is 4.53. The molecule has 0 amide bonds. The molecular formula is C28H26FN3OS. The molecule has 1 aliphatic carbocycles. The van der Waals surface area contributed by atoms with E-state index in [1.54, 1.807) is 6.07 Å². The number of nitrogens with zero attached hydrogens (tertiary/aromatic N) is 1. The third-order valence-corrected chi connectivity index (χ3v) is 6.61. The van der Waals surface area contributed by atoms with Gasteiger partial charge in [-0.1, -0.05) is 56.3 Å². The summed E-state index contributed by atoms with van der Waals surface area (Å²) in [5.74, 6) is -0.302. The number of rotatable bonds is 2. The first-order valence-electron chi connectivity index (χ1n) is 11.4. The smallest absolute Gasteiger partial charge is 0.178 e. The maximum atomic E-state index is 14.5. The molecule has 4 nitrogen and oxygen atoms in total. The Morgan fingerprint density at radius 2 is 1.76 bits per heavy atom. The first kappa shape index (κ1) is 22.3. The monoisotopic (exact) mass is 471 g/mol. The van der Waals surface area contributed by atoms with E-state index in [1.165, 1.54) is 12.1 Å². The van der Waals surface area contributed by atoms with Gasteiger partial charge in [0.15, 0.2) is 10.9 Å². The molecule has 1 aliphatic heterocycles. The number of para-hydroxylation sites is 3. The van der Waals surface area contributed by atoms with Crippen molar-refractivity contribution in [3.05, 3.63) is 102 Å². The van der Waals surface area contributed by atoms with Gasteiger partial charge in [0.25, 0.3) is 0 Å². The number of allylic oxidation sites excluding steroid dienone is 1. The molecule has 0 saturated heterocycles. The third-order valence-electron chi connectivity index (χ3n) is 6.31. The zero-order valence-corrected chi connectivity index (χ0v) is 20.0. The fraction of sp³-hybridized carbons (Fsp3) is 0.214. The van der Waals surface area contributed by atoms with Crippen molar-refractivity contribution in [1.29, 1.82) is 0 Å². The molecule has 0 fully saturated rings. The topological polar surface area (TPSA) is 44.4 Å². The molecule has 3 aromatic rings. The van der Waals surface area contributed by atoms with Gasteiger partial charge in [-0.05, 0) is 66.0 Å². The fourth-order valence-electron chi connectivity index (χ4n) is 4.91. The highest BCUT2D eigenvalue weighted by atomic mass is 32.1. The van der Waals surface area contributed by atoms with Gasteiger partial charge in [-0.3, -0.25) is 4.79 Å². The molecule has 5 rings (SSSR count). The Balaban J connectivity index is 1.73. The summed E-state index contributed by atoms with van der Waals surface area (Å²) < 4.78 is 14.5. The highest BCUT2D eigenvalue weighted by Crippen LogP contribution is 2.48. The summed E-state index contributed by atoms with van der Waals surface area (Å²) >= 11 is 5.94. The van der Waals surface area contributed by atoms with Crippen LogP contribution in [0, 0.1) is 11.2 Å². The van der Waals surface area contributed by atoms with E-state index in [4.69, 9.17) is 12.2 Å². The van der Waals surface area contributed by atoms with Gasteiger partial charge >= 0.3 is 0 Å². The minimum atomic E-state index is -0.575. The first-order valence-corrected chi connectivity index (χ1v) is 11.8. The van der Waals surface area contributed by atoms with Crippen molar-refractivity contribution in [3.8, 4) is 0 Å². The molecule has 3 aromatic carbocycles. The predicted molar refractivity (Wildman–Crippen MR) is 139 cm³/mol. The number of hydrogen-bond acceptors (Lipinski definition) is 3. The molecule has 172 valence electrons. The van der Waals surface area contributed by atoms with Gasteiger partial charge in [-0.15, -0.1) is 0 Å². The average molecular weight is 472 g/mol. The van der Waals surface area contributed by atoms with Crippen molar-refractivity contribution >= 4 is 40.2 Å². The molecule has 0 bridgehead atoms. The number of carbonyl (C=O) groups is 1. The molecule has 0 radical (unpaired) electrons. The van der Waals surface area contributed by atoms with Crippen LogP contribution in [0.2, 0.25) is 0 Å². The molecule has 2 aliphatic rings. The molecule has 0 aromatic heterocycles. The molecule has 1 atom stereocenters. The van der Waals surface area contributed by atoms with Gasteiger partial charge in [0.2, 0.25) is 0 Å². The van der Waals surface area contributed by atoms with Crippen LogP contribution in [0.3, 0.4) is 0 Å². The van der Waals surface area contributed by atoms with Gasteiger partial charge in [0.1, 0.15) is 5.82 Å². The number of benzene rings is 3. The van der Waals surface area contributed by atoms with Crippen molar-refractivity contribution in [2.45, 2.75) is 32.7 Å². The molecular weight excluding hydrogens is 445 g/mol. The number of Topliss-reactive ketones (excluding diaryl/α,β-unsaturated/α-hetero) is 1. The van der Waals surface area contributed by atoms with Gasteiger partial charge in [-0.2, -0.15) is 0 Å². The molecule has 34 heavy (non-hydrogen) atoms. The number of nitrogens with one attached hydrogen (secondary N) is 2. The van der Waals surface area contributed by atoms with E-state index >= 15 is 0 Å². The minimum absolute atomic E-state index is 0.0494. The summed E-state index contributed by atoms with van der Waals surface area (Å²) in [6, 6.07) is 23.4. The van der Waals surface area contributed by atoms with Gasteiger partial charge in [0.05, 0.1) is 17.4 Å². The van der Waals surface area contributed by atoms with E-state index in [0.29, 0.717) is 29.1 Å². The lowest BCUT2D eigenvalue weighted by Crippen LogP contribution is -2.41. The van der Waals surface area contributed by atoms with Gasteiger partial charge < -0.3 is 15.5 Å². The van der Waals surface area contributed by atoms with Crippen molar-refractivity contribution in [2.75, 3.05) is 15.5 Å². The van der Waals surface area contributed by atoms with Crippen LogP contribution in [-0.2, 0) is 4.79 Å². The summed E-state index contributed by atoms with van der Waals surface area (Å²) in [5, 5.41) is 7.30. The van der Waals surface area contributed by atoms with Crippen LogP contribution in [0.15, 0.2) is 90.1 Å². The standard InChI is InChI=1S/C28H26FN3OS/c1-28(2)16-22-25(24(33)17-28)26(18-9-8-10-19(29)15-18)32(23-14-7-6-13-21(23)31-22)27(34)30-20-11-4-3-5-12-20/h3-15,26,31H,16-17H2,1-2H3,(H,30,34). The maximum absolute atomic E-state index is 14.5. The molecule has 0 spiro atoms. The number of fused-ring (bicyclic) bond motifs is 1. The highest BCUT2D eigenvalue weighted by Gasteiger charge is 2.42. The molecule has 1 unspecified atom stereocenters. The maximum Gasteiger partial charge on any atom is 0.178 e. The lowest BCUT2D eigenvalue weighted by atomic mass is 9.73. The Labute approximate surface area is 204 Å². The number of halogens is 1. The van der Waals surface area contributed by atoms with Crippen molar-refractivity contribution in [3.63, 3.8) is 0 Å². The van der Waals surface area contributed by atoms with Crippen LogP contribution in [0.25, 0.3) is 0 Å². The van der Waals surface area contributed by atoms with Crippen LogP contribution in [0.4, 0.5) is 21.5 Å². The lowest BCUT2D eigenvalue weighted by Gasteiger charge is -2.38. The number of thiocarbonyl (C=S) groups is 1. The summed E-state index contributed by atoms with van der Waals surface area (Å²) in [6.07, 6.45) is 1.13. The summed E-state index contributed by atoms with van der Waals surface area (Å²) in [6.45, 7) is 4.20. The van der Waals surface area contributed by atoms with E-state index in [0.717, 1.165) is 22.8 Å². The Kier molecular flexibility index (Phi) is 5.70. The van der Waals surface area contributed by atoms with Crippen molar-refractivity contribution in [2.24, 2.45) is 5.41 Å². The molecule has 1 heterocycles. The second-order valence-corrected chi connectivity index (χ2v) is 9.99. The van der Waals surface area contributed by atoms with Gasteiger partial charge in [-0.25, -0.2) is 4.39 Å². The van der Waals surface area contributed by atoms with Gasteiger partial charge in [0, 0.05) is 23.4 Å². The zero-order chi connectivity index (χ0) is 23.9. The van der Waals surface area contributed by atoms with E-state index in [1.807, 2.05) is 65.6 Å². The Bertz CT molecular complexity index is 1300. The van der Waals surface area contributed by atoms with E-state index < -0.39 is 6.04 Å². The summed E-state index contributed by atoms with van der Waals surface area (Å²) in [4.78, 5) is 15.6. The van der Waals surface area contributed by atoms with E-state index in [2.05, 4.69) is 24.5 Å². The normalized spacial score (nSPS) is 19.0. The highest BCUT2D eigenvalue weighted by molar-refractivity contribution is 7.80. The quantitative estimate of drug-likeness (QED) is 0.401. The second kappa shape index (κ2) is 8.69. The third kappa shape index (κ3) is 4.21. The van der Waals surface area contributed by atoms with Crippen LogP contribution < -0.4 is 15.5 Å². The Morgan fingerprint density at radius 3 is 2.53 bits per heavy atom. The lowest BCUT2D eigenvalue weighted by molar-refractivity contribution is -0.118. The first-order chi connectivity index (χ1) is 16.3. The fourth-order valence-corrected chi connectivity index (χ4v) is 5.23. The van der Waals surface area contributed by atoms with Crippen LogP contribution >= 0.6 is 12.2 Å². The second-order valence-electron chi connectivity index (χ2n) is 9.60. The molecule has 2 N–H and O–H groups in total. The van der Waals surface area contributed by atoms with E-state index in [-0.39, 0.29) is 17.0 Å². The predicted octanol–water partition coefficient (Wildman–Crippen LogP) is 6.84. The van der Waals surface area contributed by atoms with Crippen LogP contribution in [0.1, 0.15) is 38.3 Å². The van der Waals surface area contributed by atoms with Crippen LogP contribution in [-0.4, -0.2) is 10.9 Å². The number of anilines is 3. The van der Waals surface area contributed by atoms with Crippen molar-refractivity contribution < 1.29 is 9.18 Å². The zero-order valence-electron chi connectivity index (χ0n) is 19.1. The number of hydrogen-bond donors (Lipinski definition) is 2. The average Bonchev–Trinajstić information content (AvgIpc) is 2.93. The molecule has 0 saturated carbocycles. The minimum Gasteiger partial charge on any atom is -0.357 e. The molecule has 6 heteroatoms. The number of ketones is 1. The SMILES string of the molecule is CC1(C)CC(=O)C2=C(C1)Nc1ccccc1N(C(=S)Nc1ccccc1)C2c1cccc(F)c1. The van der Waals surface area contributed by atoms with Crippen molar-refractivity contribution in [1.82, 2.24) is 0 Å². The Hall–Kier alpha value is -3.51. The largest absolute Gasteiger partial charge is 0.357 e. The van der Waals surface area contributed by atoms with E-state index in [9.17, 15) is 9.18 Å². The van der Waals surface area contributed by atoms with Crippen LogP contribution in [0.5, 0.6) is 0 Å². The number of carbonyl (C=O) groups excluding carboxylic acids is 1. The summed E-state index contributed by atoms with van der Waals surface area (Å²) in [7, 11) is 0. The Morgan fingerprint density at radius 1 is 1.03 bits per heavy atom.